The van der Waals surface area contributed by atoms with Gasteiger partial charge in [0.1, 0.15) is 0 Å². The summed E-state index contributed by atoms with van der Waals surface area (Å²) in [6, 6.07) is 70.9. The minimum absolute atomic E-state index is 0.0523. The zero-order chi connectivity index (χ0) is 34.2. The summed E-state index contributed by atoms with van der Waals surface area (Å²) in [6.45, 7) is 0.0523. The maximum Gasteiger partial charge on any atom is 0.252 e. The van der Waals surface area contributed by atoms with Crippen LogP contribution in [0.1, 0.15) is 0 Å². The van der Waals surface area contributed by atoms with Crippen molar-refractivity contribution in [3.8, 4) is 16.8 Å². The second kappa shape index (κ2) is 11.4. The molecular weight excluding hydrogens is 629 g/mol. The Balaban J connectivity index is 1.26. The van der Waals surface area contributed by atoms with Gasteiger partial charge < -0.3 is 14.4 Å². The summed E-state index contributed by atoms with van der Waals surface area (Å²) in [7, 11) is 0. The molecule has 0 saturated heterocycles. The van der Waals surface area contributed by atoms with Crippen molar-refractivity contribution in [3.05, 3.63) is 194 Å². The van der Waals surface area contributed by atoms with Crippen LogP contribution in [0.3, 0.4) is 0 Å². The molecule has 0 bridgehead atoms. The number of rotatable bonds is 4. The highest BCUT2D eigenvalue weighted by Crippen LogP contribution is 2.48. The fourth-order valence-corrected chi connectivity index (χ4v) is 8.93. The Kier molecular flexibility index (Phi) is 6.35. The number of para-hydroxylation sites is 7. The standard InChI is InChI=1S/C48H32BN3/c1-4-17-33(18-5-1)50-43-30-13-11-27-40(43)49-41-28-15-26-39(48(41)52(35-21-8-3-9-22-35)45-32-16-31-44(50)46(45)49)38-25-14-24-37-36-23-10-12-29-42(36)51(47(37)38)34-19-6-2-7-20-34/h1-32H. The second-order valence-electron chi connectivity index (χ2n) is 13.7. The molecule has 0 N–H and O–H groups in total. The van der Waals surface area contributed by atoms with Crippen LogP contribution >= 0.6 is 0 Å². The third-order valence-electron chi connectivity index (χ3n) is 10.9. The minimum atomic E-state index is 0.0523. The Morgan fingerprint density at radius 2 is 0.865 bits per heavy atom. The maximum atomic E-state index is 2.52. The van der Waals surface area contributed by atoms with E-state index in [2.05, 4.69) is 208 Å². The van der Waals surface area contributed by atoms with Crippen LogP contribution in [0.5, 0.6) is 0 Å². The lowest BCUT2D eigenvalue weighted by Gasteiger charge is -2.44. The van der Waals surface area contributed by atoms with Crippen molar-refractivity contribution in [3.63, 3.8) is 0 Å². The Morgan fingerprint density at radius 1 is 0.346 bits per heavy atom. The van der Waals surface area contributed by atoms with E-state index in [1.807, 2.05) is 0 Å². The molecule has 0 amide bonds. The van der Waals surface area contributed by atoms with Crippen LogP contribution in [0, 0.1) is 0 Å². The molecule has 8 aromatic carbocycles. The second-order valence-corrected chi connectivity index (χ2v) is 13.7. The molecule has 11 rings (SSSR count). The topological polar surface area (TPSA) is 11.4 Å². The van der Waals surface area contributed by atoms with E-state index in [1.54, 1.807) is 0 Å². The molecule has 0 fully saturated rings. The highest BCUT2D eigenvalue weighted by molar-refractivity contribution is 7.00. The first kappa shape index (κ1) is 29.0. The van der Waals surface area contributed by atoms with Crippen molar-refractivity contribution in [2.75, 3.05) is 9.80 Å². The largest absolute Gasteiger partial charge is 0.311 e. The van der Waals surface area contributed by atoms with Gasteiger partial charge in [0, 0.05) is 61.7 Å². The predicted octanol–water partition coefficient (Wildman–Crippen LogP) is 10.5. The fourth-order valence-electron chi connectivity index (χ4n) is 8.93. The lowest BCUT2D eigenvalue weighted by molar-refractivity contribution is 1.18. The predicted molar refractivity (Wildman–Crippen MR) is 220 cm³/mol. The number of aromatic nitrogens is 1. The van der Waals surface area contributed by atoms with Crippen LogP contribution < -0.4 is 26.2 Å². The third-order valence-corrected chi connectivity index (χ3v) is 10.9. The van der Waals surface area contributed by atoms with Gasteiger partial charge in [-0.15, -0.1) is 0 Å². The van der Waals surface area contributed by atoms with E-state index < -0.39 is 0 Å². The van der Waals surface area contributed by atoms with Crippen molar-refractivity contribution in [1.29, 1.82) is 0 Å². The molecule has 52 heavy (non-hydrogen) atoms. The molecular formula is C48H32BN3. The molecule has 4 heteroatoms. The molecule has 2 aliphatic heterocycles. The van der Waals surface area contributed by atoms with Gasteiger partial charge >= 0.3 is 0 Å². The summed E-state index contributed by atoms with van der Waals surface area (Å²) < 4.78 is 2.45. The van der Waals surface area contributed by atoms with Gasteiger partial charge in [0.25, 0.3) is 6.71 Å². The van der Waals surface area contributed by atoms with Gasteiger partial charge in [-0.3, -0.25) is 0 Å². The number of anilines is 6. The molecule has 0 spiro atoms. The first-order valence-corrected chi connectivity index (χ1v) is 18.0. The van der Waals surface area contributed by atoms with E-state index in [-0.39, 0.29) is 6.71 Å². The summed E-state index contributed by atoms with van der Waals surface area (Å²) in [5, 5.41) is 2.51. The van der Waals surface area contributed by atoms with Crippen LogP contribution in [0.4, 0.5) is 34.1 Å². The molecule has 0 aliphatic carbocycles. The van der Waals surface area contributed by atoms with E-state index in [1.165, 1.54) is 72.1 Å². The van der Waals surface area contributed by atoms with E-state index >= 15 is 0 Å². The molecule has 3 nitrogen and oxygen atoms in total. The zero-order valence-electron chi connectivity index (χ0n) is 28.4. The lowest BCUT2D eigenvalue weighted by atomic mass is 9.33. The molecule has 1 aromatic heterocycles. The number of hydrogen-bond acceptors (Lipinski definition) is 2. The molecule has 9 aromatic rings. The highest BCUT2D eigenvalue weighted by atomic mass is 15.2. The summed E-state index contributed by atoms with van der Waals surface area (Å²) in [5.74, 6) is 0. The van der Waals surface area contributed by atoms with Crippen molar-refractivity contribution >= 4 is 79.0 Å². The number of hydrogen-bond donors (Lipinski definition) is 0. The number of nitrogens with zero attached hydrogens (tertiary/aromatic N) is 3. The van der Waals surface area contributed by atoms with Crippen LogP contribution in [-0.4, -0.2) is 11.3 Å². The van der Waals surface area contributed by atoms with E-state index in [9.17, 15) is 0 Å². The lowest BCUT2D eigenvalue weighted by Crippen LogP contribution is -2.61. The Bertz CT molecular complexity index is 2810. The molecule has 0 radical (unpaired) electrons. The quantitative estimate of drug-likeness (QED) is 0.174. The van der Waals surface area contributed by atoms with Gasteiger partial charge in [-0.1, -0.05) is 133 Å². The molecule has 242 valence electrons. The summed E-state index contributed by atoms with van der Waals surface area (Å²) in [6.07, 6.45) is 0. The Morgan fingerprint density at radius 3 is 1.63 bits per heavy atom. The minimum Gasteiger partial charge on any atom is -0.311 e. The molecule has 0 saturated carbocycles. The molecule has 0 atom stereocenters. The zero-order valence-corrected chi connectivity index (χ0v) is 28.4. The van der Waals surface area contributed by atoms with Crippen molar-refractivity contribution in [2.24, 2.45) is 0 Å². The molecule has 3 heterocycles. The first-order valence-electron chi connectivity index (χ1n) is 18.0. The SMILES string of the molecule is c1ccc(N2c3ccccc3B3c4cccc(-c5cccc6c7ccccc7n(-c7ccccc7)c56)c4N(c4ccccc4)c4cccc2c43)cc1. The van der Waals surface area contributed by atoms with E-state index in [4.69, 9.17) is 0 Å². The summed E-state index contributed by atoms with van der Waals surface area (Å²) >= 11 is 0. The average molecular weight is 662 g/mol. The Hall–Kier alpha value is -6.78. The number of fused-ring (bicyclic) bond motifs is 7. The van der Waals surface area contributed by atoms with Crippen molar-refractivity contribution < 1.29 is 0 Å². The highest BCUT2D eigenvalue weighted by Gasteiger charge is 2.43. The van der Waals surface area contributed by atoms with Crippen LogP contribution in [0.15, 0.2) is 194 Å². The molecule has 0 unspecified atom stereocenters. The van der Waals surface area contributed by atoms with Gasteiger partial charge in [-0.05, 0) is 77.1 Å². The van der Waals surface area contributed by atoms with Crippen LogP contribution in [0.2, 0.25) is 0 Å². The smallest absolute Gasteiger partial charge is 0.252 e. The monoisotopic (exact) mass is 661 g/mol. The third kappa shape index (κ3) is 4.09. The van der Waals surface area contributed by atoms with E-state index in [0.29, 0.717) is 0 Å². The Labute approximate surface area is 303 Å². The van der Waals surface area contributed by atoms with Gasteiger partial charge in [-0.25, -0.2) is 0 Å². The van der Waals surface area contributed by atoms with Crippen molar-refractivity contribution in [2.45, 2.75) is 0 Å². The first-order chi connectivity index (χ1) is 25.9. The summed E-state index contributed by atoms with van der Waals surface area (Å²) in [4.78, 5) is 4.97. The van der Waals surface area contributed by atoms with E-state index in [0.717, 1.165) is 17.1 Å². The van der Waals surface area contributed by atoms with Gasteiger partial charge in [0.15, 0.2) is 0 Å². The molecule has 2 aliphatic rings. The van der Waals surface area contributed by atoms with Crippen molar-refractivity contribution in [1.82, 2.24) is 4.57 Å². The van der Waals surface area contributed by atoms with Crippen LogP contribution in [-0.2, 0) is 0 Å². The van der Waals surface area contributed by atoms with Gasteiger partial charge in [0.05, 0.1) is 11.0 Å². The number of benzene rings is 8. The summed E-state index contributed by atoms with van der Waals surface area (Å²) in [5.41, 5.74) is 17.1. The van der Waals surface area contributed by atoms with Crippen LogP contribution in [0.25, 0.3) is 38.6 Å². The average Bonchev–Trinajstić information content (AvgIpc) is 3.56. The fraction of sp³-hybridized carbons (Fsp3) is 0. The van der Waals surface area contributed by atoms with Gasteiger partial charge in [0.2, 0.25) is 0 Å². The maximum absolute atomic E-state index is 2.52. The normalized spacial score (nSPS) is 12.9. The van der Waals surface area contributed by atoms with Gasteiger partial charge in [-0.2, -0.15) is 0 Å².